The summed E-state index contributed by atoms with van der Waals surface area (Å²) >= 11 is 3.70. The molecule has 0 radical (unpaired) electrons. The Bertz CT molecular complexity index is 838. The first-order valence-electron chi connectivity index (χ1n) is 10.2. The summed E-state index contributed by atoms with van der Waals surface area (Å²) in [7, 11) is 0. The Morgan fingerprint density at radius 1 is 1.29 bits per heavy atom. The number of pyridine rings is 1. The fourth-order valence-electron chi connectivity index (χ4n) is 4.91. The number of nitriles is 1. The van der Waals surface area contributed by atoms with E-state index in [1.165, 1.54) is 12.8 Å². The molecule has 28 heavy (non-hydrogen) atoms. The maximum Gasteiger partial charge on any atom is 0.141 e. The molecule has 1 saturated carbocycles. The molecule has 3 heterocycles. The van der Waals surface area contributed by atoms with Crippen LogP contribution in [0.4, 0.5) is 5.82 Å². The van der Waals surface area contributed by atoms with E-state index in [1.54, 1.807) is 0 Å². The quantitative estimate of drug-likeness (QED) is 0.771. The van der Waals surface area contributed by atoms with E-state index in [9.17, 15) is 0 Å². The van der Waals surface area contributed by atoms with Crippen LogP contribution in [0.5, 0.6) is 0 Å². The van der Waals surface area contributed by atoms with Crippen LogP contribution in [0.2, 0.25) is 0 Å². The number of halogens is 1. The number of ether oxygens (including phenoxy) is 2. The Labute approximate surface area is 174 Å². The van der Waals surface area contributed by atoms with E-state index >= 15 is 0 Å². The van der Waals surface area contributed by atoms with Crippen molar-refractivity contribution >= 4 is 27.8 Å². The predicted molar refractivity (Wildman–Crippen MR) is 110 cm³/mol. The zero-order valence-corrected chi connectivity index (χ0v) is 17.5. The Morgan fingerprint density at radius 3 is 2.82 bits per heavy atom. The summed E-state index contributed by atoms with van der Waals surface area (Å²) in [5.74, 6) is 0.898. The Morgan fingerprint density at radius 2 is 2.11 bits per heavy atom. The van der Waals surface area contributed by atoms with E-state index in [0.717, 1.165) is 72.7 Å². The second-order valence-corrected chi connectivity index (χ2v) is 9.26. The number of morpholine rings is 1. The van der Waals surface area contributed by atoms with Gasteiger partial charge in [-0.3, -0.25) is 4.90 Å². The first-order valence-corrected chi connectivity index (χ1v) is 11.0. The van der Waals surface area contributed by atoms with Gasteiger partial charge in [-0.05, 0) is 58.8 Å². The molecule has 2 saturated heterocycles. The van der Waals surface area contributed by atoms with Gasteiger partial charge in [0.2, 0.25) is 0 Å². The molecule has 3 fully saturated rings. The molecule has 0 unspecified atom stereocenters. The van der Waals surface area contributed by atoms with Crippen LogP contribution in [0.15, 0.2) is 16.2 Å². The van der Waals surface area contributed by atoms with Crippen molar-refractivity contribution in [3.8, 4) is 6.07 Å². The van der Waals surface area contributed by atoms with E-state index in [4.69, 9.17) is 14.7 Å². The molecule has 6 nitrogen and oxygen atoms in total. The minimum Gasteiger partial charge on any atom is -0.375 e. The van der Waals surface area contributed by atoms with Gasteiger partial charge in [-0.15, -0.1) is 0 Å². The summed E-state index contributed by atoms with van der Waals surface area (Å²) in [5.41, 5.74) is 3.00. The summed E-state index contributed by atoms with van der Waals surface area (Å²) in [4.78, 5) is 7.24. The number of allylic oxidation sites excluding steroid dienone is 1. The maximum absolute atomic E-state index is 9.16. The first kappa shape index (κ1) is 18.6. The molecule has 1 aromatic heterocycles. The molecule has 7 heteroatoms. The lowest BCUT2D eigenvalue weighted by Gasteiger charge is -2.50. The predicted octanol–water partition coefficient (Wildman–Crippen LogP) is 3.13. The summed E-state index contributed by atoms with van der Waals surface area (Å²) in [6.45, 7) is 4.38. The van der Waals surface area contributed by atoms with Gasteiger partial charge in [0.15, 0.2) is 0 Å². The number of anilines is 1. The third-order valence-electron chi connectivity index (χ3n) is 6.55. The average Bonchev–Trinajstić information content (AvgIpc) is 3.14. The SMILES string of the molecule is N#CC1=Cc2c(cnc(NC3CCC(N4CCOC5(COC5)C4)CC3)c2Br)C1. The van der Waals surface area contributed by atoms with Gasteiger partial charge in [-0.2, -0.15) is 5.26 Å². The molecule has 1 N–H and O–H groups in total. The van der Waals surface area contributed by atoms with Crippen LogP contribution in [0, 0.1) is 11.3 Å². The van der Waals surface area contributed by atoms with Crippen LogP contribution in [0.25, 0.3) is 6.08 Å². The second-order valence-electron chi connectivity index (χ2n) is 8.46. The van der Waals surface area contributed by atoms with E-state index in [1.807, 2.05) is 12.3 Å². The zero-order valence-electron chi connectivity index (χ0n) is 15.9. The monoisotopic (exact) mass is 444 g/mol. The number of hydrogen-bond acceptors (Lipinski definition) is 6. The fraction of sp³-hybridized carbons (Fsp3) is 0.619. The van der Waals surface area contributed by atoms with Crippen molar-refractivity contribution in [3.05, 3.63) is 27.4 Å². The minimum atomic E-state index is -0.0254. The van der Waals surface area contributed by atoms with Gasteiger partial charge in [0.25, 0.3) is 0 Å². The van der Waals surface area contributed by atoms with Gasteiger partial charge in [-0.1, -0.05) is 0 Å². The topological polar surface area (TPSA) is 70.4 Å². The zero-order chi connectivity index (χ0) is 19.1. The molecule has 2 aliphatic heterocycles. The van der Waals surface area contributed by atoms with Gasteiger partial charge in [-0.25, -0.2) is 4.98 Å². The van der Waals surface area contributed by atoms with Crippen molar-refractivity contribution in [2.75, 3.05) is 38.2 Å². The molecule has 0 atom stereocenters. The van der Waals surface area contributed by atoms with E-state index in [2.05, 4.69) is 37.2 Å². The number of aromatic nitrogens is 1. The van der Waals surface area contributed by atoms with Crippen LogP contribution in [-0.4, -0.2) is 60.5 Å². The Kier molecular flexibility index (Phi) is 4.92. The smallest absolute Gasteiger partial charge is 0.141 e. The van der Waals surface area contributed by atoms with Crippen LogP contribution >= 0.6 is 15.9 Å². The average molecular weight is 445 g/mol. The minimum absolute atomic E-state index is 0.0254. The summed E-state index contributed by atoms with van der Waals surface area (Å²) in [6.07, 6.45) is 9.27. The van der Waals surface area contributed by atoms with Crippen molar-refractivity contribution in [1.82, 2.24) is 9.88 Å². The van der Waals surface area contributed by atoms with Gasteiger partial charge < -0.3 is 14.8 Å². The molecule has 5 rings (SSSR count). The van der Waals surface area contributed by atoms with E-state index in [0.29, 0.717) is 18.5 Å². The summed E-state index contributed by atoms with van der Waals surface area (Å²) in [6, 6.07) is 3.35. The Hall–Kier alpha value is -1.46. The lowest BCUT2D eigenvalue weighted by atomic mass is 9.88. The number of nitrogens with one attached hydrogen (secondary N) is 1. The van der Waals surface area contributed by atoms with Crippen LogP contribution in [0.3, 0.4) is 0 Å². The van der Waals surface area contributed by atoms with Gasteiger partial charge in [0.05, 0.1) is 30.4 Å². The molecule has 2 aliphatic carbocycles. The molecular formula is C21H25BrN4O2. The number of nitrogens with zero attached hydrogens (tertiary/aromatic N) is 3. The lowest BCUT2D eigenvalue weighted by Crippen LogP contribution is -2.64. The maximum atomic E-state index is 9.16. The van der Waals surface area contributed by atoms with Gasteiger partial charge in [0, 0.05) is 43.4 Å². The number of hydrogen-bond donors (Lipinski definition) is 1. The first-order chi connectivity index (χ1) is 13.7. The highest BCUT2D eigenvalue weighted by atomic mass is 79.9. The molecule has 0 amide bonds. The highest BCUT2D eigenvalue weighted by molar-refractivity contribution is 9.10. The molecule has 0 aromatic carbocycles. The van der Waals surface area contributed by atoms with Crippen molar-refractivity contribution in [2.24, 2.45) is 0 Å². The van der Waals surface area contributed by atoms with Crippen molar-refractivity contribution in [1.29, 1.82) is 5.26 Å². The molecular weight excluding hydrogens is 420 g/mol. The number of rotatable bonds is 3. The summed E-state index contributed by atoms with van der Waals surface area (Å²) < 4.78 is 12.4. The van der Waals surface area contributed by atoms with E-state index in [-0.39, 0.29) is 5.60 Å². The summed E-state index contributed by atoms with van der Waals surface area (Å²) in [5, 5.41) is 12.8. The molecule has 0 bridgehead atoms. The molecule has 1 aromatic rings. The largest absolute Gasteiger partial charge is 0.375 e. The molecule has 148 valence electrons. The van der Waals surface area contributed by atoms with Crippen molar-refractivity contribution < 1.29 is 9.47 Å². The normalized spacial score (nSPS) is 28.9. The van der Waals surface area contributed by atoms with Crippen LogP contribution in [0.1, 0.15) is 36.8 Å². The van der Waals surface area contributed by atoms with Gasteiger partial charge >= 0.3 is 0 Å². The third-order valence-corrected chi connectivity index (χ3v) is 7.35. The third kappa shape index (κ3) is 3.37. The standard InChI is InChI=1S/C21H25BrN4O2/c22-19-18-8-14(9-23)7-15(18)10-24-20(19)25-16-1-3-17(4-2-16)26-5-6-28-21(11-26)12-27-13-21/h8,10,16-17H,1-7,11-13H2,(H,24,25). The Balaban J connectivity index is 1.19. The molecule has 4 aliphatic rings. The number of fused-ring (bicyclic) bond motifs is 1. The van der Waals surface area contributed by atoms with Crippen molar-refractivity contribution in [2.45, 2.75) is 49.8 Å². The van der Waals surface area contributed by atoms with Crippen LogP contribution in [-0.2, 0) is 15.9 Å². The lowest BCUT2D eigenvalue weighted by molar-refractivity contribution is -0.242. The van der Waals surface area contributed by atoms with Crippen molar-refractivity contribution in [3.63, 3.8) is 0 Å². The van der Waals surface area contributed by atoms with Crippen LogP contribution < -0.4 is 5.32 Å². The van der Waals surface area contributed by atoms with E-state index < -0.39 is 0 Å². The fourth-order valence-corrected chi connectivity index (χ4v) is 5.49. The second kappa shape index (κ2) is 7.42. The highest BCUT2D eigenvalue weighted by Crippen LogP contribution is 2.36. The highest BCUT2D eigenvalue weighted by Gasteiger charge is 2.45. The molecule has 1 spiro atoms. The van der Waals surface area contributed by atoms with Gasteiger partial charge in [0.1, 0.15) is 11.4 Å².